The third-order valence-corrected chi connectivity index (χ3v) is 4.97. The van der Waals surface area contributed by atoms with Crippen LogP contribution in [-0.4, -0.2) is 29.2 Å². The van der Waals surface area contributed by atoms with Crippen molar-refractivity contribution in [3.63, 3.8) is 0 Å². The van der Waals surface area contributed by atoms with Crippen LogP contribution in [0, 0.1) is 12.7 Å². The third kappa shape index (κ3) is 3.82. The predicted octanol–water partition coefficient (Wildman–Crippen LogP) is 4.61. The molecule has 1 atom stereocenters. The molecule has 1 fully saturated rings. The molecule has 3 aromatic rings. The molecule has 1 aliphatic rings. The van der Waals surface area contributed by atoms with E-state index in [2.05, 4.69) is 20.6 Å². The highest BCUT2D eigenvalue weighted by Gasteiger charge is 2.17. The first-order chi connectivity index (χ1) is 13.1. The van der Waals surface area contributed by atoms with E-state index in [1.165, 1.54) is 12.4 Å². The molecule has 140 valence electrons. The first-order valence-electron chi connectivity index (χ1n) is 8.95. The van der Waals surface area contributed by atoms with Crippen molar-refractivity contribution >= 4 is 34.0 Å². The van der Waals surface area contributed by atoms with Crippen LogP contribution in [0.1, 0.15) is 18.4 Å². The molecule has 0 spiro atoms. The van der Waals surface area contributed by atoms with Crippen LogP contribution in [-0.2, 0) is 0 Å². The molecular weight excluding hydrogens is 367 g/mol. The van der Waals surface area contributed by atoms with E-state index in [4.69, 9.17) is 16.3 Å². The Morgan fingerprint density at radius 2 is 2.19 bits per heavy atom. The monoisotopic (exact) mass is 386 g/mol. The van der Waals surface area contributed by atoms with Crippen LogP contribution < -0.4 is 15.4 Å². The number of nitrogens with one attached hydrogen (secondary N) is 2. The molecule has 2 N–H and O–H groups in total. The average Bonchev–Trinajstić information content (AvgIpc) is 2.67. The van der Waals surface area contributed by atoms with Gasteiger partial charge in [-0.15, -0.1) is 0 Å². The van der Waals surface area contributed by atoms with Gasteiger partial charge in [-0.3, -0.25) is 0 Å². The summed E-state index contributed by atoms with van der Waals surface area (Å²) in [6, 6.07) is 8.69. The minimum atomic E-state index is -0.511. The molecule has 0 bridgehead atoms. The van der Waals surface area contributed by atoms with E-state index in [1.54, 1.807) is 12.1 Å². The number of aromatic nitrogens is 2. The molecule has 2 aromatic carbocycles. The van der Waals surface area contributed by atoms with E-state index in [9.17, 15) is 4.39 Å². The van der Waals surface area contributed by atoms with E-state index in [-0.39, 0.29) is 16.8 Å². The lowest BCUT2D eigenvalue weighted by atomic mass is 10.1. The highest BCUT2D eigenvalue weighted by atomic mass is 35.5. The number of halogens is 2. The van der Waals surface area contributed by atoms with E-state index in [1.807, 2.05) is 19.1 Å². The molecule has 1 saturated heterocycles. The van der Waals surface area contributed by atoms with Crippen LogP contribution in [0.25, 0.3) is 10.9 Å². The molecule has 1 aromatic heterocycles. The third-order valence-electron chi connectivity index (χ3n) is 4.68. The fourth-order valence-electron chi connectivity index (χ4n) is 3.24. The van der Waals surface area contributed by atoms with Crippen molar-refractivity contribution in [3.05, 3.63) is 53.1 Å². The van der Waals surface area contributed by atoms with Crippen LogP contribution >= 0.6 is 11.6 Å². The van der Waals surface area contributed by atoms with E-state index in [0.29, 0.717) is 5.82 Å². The Bertz CT molecular complexity index is 976. The number of piperidine rings is 1. The molecule has 7 heteroatoms. The van der Waals surface area contributed by atoms with Crippen LogP contribution in [0.3, 0.4) is 0 Å². The highest BCUT2D eigenvalue weighted by Crippen LogP contribution is 2.32. The van der Waals surface area contributed by atoms with Gasteiger partial charge < -0.3 is 15.4 Å². The molecule has 2 heterocycles. The number of anilines is 2. The number of rotatable bonds is 4. The zero-order valence-corrected chi connectivity index (χ0v) is 15.7. The number of ether oxygens (including phenoxy) is 1. The predicted molar refractivity (Wildman–Crippen MR) is 105 cm³/mol. The standard InChI is InChI=1S/C20H20ClFN4O/c1-12-8-17-14(9-18(12)27-13-4-3-7-23-10-13)20(25-11-24-17)26-16-6-2-5-15(21)19(16)22/h2,5-6,8-9,11,13,23H,3-4,7,10H2,1H3,(H,24,25,26)/t13-/m0/s1. The molecule has 0 radical (unpaired) electrons. The van der Waals surface area contributed by atoms with Crippen LogP contribution in [0.5, 0.6) is 5.75 Å². The number of nitrogens with zero attached hydrogens (tertiary/aromatic N) is 2. The van der Waals surface area contributed by atoms with Gasteiger partial charge in [0.05, 0.1) is 16.2 Å². The Labute approximate surface area is 161 Å². The minimum Gasteiger partial charge on any atom is -0.489 e. The topological polar surface area (TPSA) is 59.1 Å². The number of hydrogen-bond acceptors (Lipinski definition) is 5. The van der Waals surface area contributed by atoms with E-state index < -0.39 is 5.82 Å². The SMILES string of the molecule is Cc1cc2ncnc(Nc3cccc(Cl)c3F)c2cc1O[C@H]1CCCNC1. The molecule has 1 aliphatic heterocycles. The Balaban J connectivity index is 1.70. The molecule has 0 unspecified atom stereocenters. The maximum Gasteiger partial charge on any atom is 0.165 e. The number of benzene rings is 2. The zero-order valence-electron chi connectivity index (χ0n) is 14.9. The Morgan fingerprint density at radius 3 is 3.00 bits per heavy atom. The van der Waals surface area contributed by atoms with Crippen molar-refractivity contribution in [2.45, 2.75) is 25.9 Å². The van der Waals surface area contributed by atoms with Gasteiger partial charge in [0.2, 0.25) is 0 Å². The fourth-order valence-corrected chi connectivity index (χ4v) is 3.42. The summed E-state index contributed by atoms with van der Waals surface area (Å²) in [5.74, 6) is 0.788. The second kappa shape index (κ2) is 7.66. The Morgan fingerprint density at radius 1 is 1.30 bits per heavy atom. The van der Waals surface area contributed by atoms with Gasteiger partial charge >= 0.3 is 0 Å². The maximum atomic E-state index is 14.3. The lowest BCUT2D eigenvalue weighted by molar-refractivity contribution is 0.166. The van der Waals surface area contributed by atoms with Gasteiger partial charge in [-0.2, -0.15) is 0 Å². The van der Waals surface area contributed by atoms with Gasteiger partial charge in [-0.1, -0.05) is 17.7 Å². The van der Waals surface area contributed by atoms with Gasteiger partial charge in [0.1, 0.15) is 24.0 Å². The lowest BCUT2D eigenvalue weighted by Crippen LogP contribution is -2.37. The first-order valence-corrected chi connectivity index (χ1v) is 9.33. The first kappa shape index (κ1) is 17.9. The van der Waals surface area contributed by atoms with Crippen molar-refractivity contribution in [2.75, 3.05) is 18.4 Å². The second-order valence-corrected chi connectivity index (χ2v) is 7.08. The molecule has 0 aliphatic carbocycles. The van der Waals surface area contributed by atoms with Gasteiger partial charge in [0.15, 0.2) is 5.82 Å². The highest BCUT2D eigenvalue weighted by molar-refractivity contribution is 6.31. The van der Waals surface area contributed by atoms with Crippen molar-refractivity contribution in [1.82, 2.24) is 15.3 Å². The van der Waals surface area contributed by atoms with Gasteiger partial charge in [0.25, 0.3) is 0 Å². The molecule has 0 saturated carbocycles. The average molecular weight is 387 g/mol. The fraction of sp³-hybridized carbons (Fsp3) is 0.300. The maximum absolute atomic E-state index is 14.3. The number of fused-ring (bicyclic) bond motifs is 1. The normalized spacial score (nSPS) is 17.1. The summed E-state index contributed by atoms with van der Waals surface area (Å²) >= 11 is 5.88. The van der Waals surface area contributed by atoms with Gasteiger partial charge in [-0.05, 0) is 56.1 Å². The lowest BCUT2D eigenvalue weighted by Gasteiger charge is -2.25. The van der Waals surface area contributed by atoms with Gasteiger partial charge in [-0.25, -0.2) is 14.4 Å². The van der Waals surface area contributed by atoms with Crippen molar-refractivity contribution in [1.29, 1.82) is 0 Å². The Kier molecular flexibility index (Phi) is 5.09. The van der Waals surface area contributed by atoms with Crippen molar-refractivity contribution in [2.24, 2.45) is 0 Å². The number of aryl methyl sites for hydroxylation is 1. The Hall–Kier alpha value is -2.44. The van der Waals surface area contributed by atoms with E-state index >= 15 is 0 Å². The minimum absolute atomic E-state index is 0.0584. The molecule has 0 amide bonds. The summed E-state index contributed by atoms with van der Waals surface area (Å²) in [5, 5.41) is 7.20. The van der Waals surface area contributed by atoms with Crippen LogP contribution in [0.4, 0.5) is 15.9 Å². The second-order valence-electron chi connectivity index (χ2n) is 6.67. The smallest absolute Gasteiger partial charge is 0.165 e. The molecular formula is C20H20ClFN4O. The zero-order chi connectivity index (χ0) is 18.8. The largest absolute Gasteiger partial charge is 0.489 e. The number of hydrogen-bond donors (Lipinski definition) is 2. The van der Waals surface area contributed by atoms with Gasteiger partial charge in [0, 0.05) is 11.9 Å². The van der Waals surface area contributed by atoms with Crippen LogP contribution in [0.2, 0.25) is 5.02 Å². The van der Waals surface area contributed by atoms with Crippen molar-refractivity contribution < 1.29 is 9.13 Å². The molecule has 27 heavy (non-hydrogen) atoms. The van der Waals surface area contributed by atoms with E-state index in [0.717, 1.165) is 48.1 Å². The summed E-state index contributed by atoms with van der Waals surface area (Å²) in [6.07, 6.45) is 3.72. The van der Waals surface area contributed by atoms with Crippen molar-refractivity contribution in [3.8, 4) is 5.75 Å². The quantitative estimate of drug-likeness (QED) is 0.686. The molecule has 4 rings (SSSR count). The summed E-state index contributed by atoms with van der Waals surface area (Å²) in [5.41, 5.74) is 2.04. The van der Waals surface area contributed by atoms with Crippen LogP contribution in [0.15, 0.2) is 36.7 Å². The summed E-state index contributed by atoms with van der Waals surface area (Å²) in [4.78, 5) is 8.62. The summed E-state index contributed by atoms with van der Waals surface area (Å²) < 4.78 is 20.5. The summed E-state index contributed by atoms with van der Waals surface area (Å²) in [7, 11) is 0. The molecule has 5 nitrogen and oxygen atoms in total. The summed E-state index contributed by atoms with van der Waals surface area (Å²) in [6.45, 7) is 3.86.